The van der Waals surface area contributed by atoms with E-state index in [1.165, 1.54) is 4.88 Å². The standard InChI is InChI=1S/C18H20N2O4S/c1-8-2-3-9-10(7-25-13(9)6-8)16(21)19-20-17(22)14-11-4-5-12(24-11)15(14)18(20)23/h7-8,11-12,14-15H,2-6H2,1H3,(H,19,21)/t8-,11-,12+,14-,15-/m0/s1. The zero-order valence-electron chi connectivity index (χ0n) is 14.0. The van der Waals surface area contributed by atoms with Crippen LogP contribution >= 0.6 is 11.3 Å². The number of rotatable bonds is 2. The minimum absolute atomic E-state index is 0.163. The van der Waals surface area contributed by atoms with Gasteiger partial charge in [0.05, 0.1) is 29.6 Å². The maximum absolute atomic E-state index is 12.7. The smallest absolute Gasteiger partial charge is 0.271 e. The lowest BCUT2D eigenvalue weighted by molar-refractivity contribution is -0.145. The average Bonchev–Trinajstić information content (AvgIpc) is 3.34. The number of nitrogens with zero attached hydrogens (tertiary/aromatic N) is 1. The summed E-state index contributed by atoms with van der Waals surface area (Å²) in [6.45, 7) is 2.22. The molecule has 3 amide bonds. The normalized spacial score (nSPS) is 35.9. The molecule has 6 nitrogen and oxygen atoms in total. The molecule has 3 saturated heterocycles. The molecule has 4 heterocycles. The molecule has 132 valence electrons. The Morgan fingerprint density at radius 3 is 2.56 bits per heavy atom. The number of fused-ring (bicyclic) bond motifs is 6. The fourth-order valence-electron chi connectivity index (χ4n) is 4.85. The molecule has 3 aliphatic heterocycles. The quantitative estimate of drug-likeness (QED) is 0.814. The molecule has 0 aromatic carbocycles. The van der Waals surface area contributed by atoms with Gasteiger partial charge in [0.15, 0.2) is 0 Å². The first-order valence-corrected chi connectivity index (χ1v) is 9.86. The lowest BCUT2D eigenvalue weighted by atomic mass is 9.81. The lowest BCUT2D eigenvalue weighted by Gasteiger charge is -2.21. The summed E-state index contributed by atoms with van der Waals surface area (Å²) in [4.78, 5) is 39.3. The van der Waals surface area contributed by atoms with Crippen molar-refractivity contribution >= 4 is 29.1 Å². The number of imide groups is 1. The Bertz CT molecular complexity index is 760. The van der Waals surface area contributed by atoms with Gasteiger partial charge >= 0.3 is 0 Å². The van der Waals surface area contributed by atoms with Crippen LogP contribution in [-0.2, 0) is 27.2 Å². The van der Waals surface area contributed by atoms with Gasteiger partial charge in [0.2, 0.25) is 0 Å². The van der Waals surface area contributed by atoms with E-state index < -0.39 is 11.8 Å². The van der Waals surface area contributed by atoms with Gasteiger partial charge in [0.1, 0.15) is 0 Å². The van der Waals surface area contributed by atoms with Crippen molar-refractivity contribution in [1.82, 2.24) is 10.4 Å². The van der Waals surface area contributed by atoms with Crippen LogP contribution in [0.5, 0.6) is 0 Å². The molecule has 7 heteroatoms. The van der Waals surface area contributed by atoms with Gasteiger partial charge in [-0.3, -0.25) is 19.8 Å². The van der Waals surface area contributed by atoms with Crippen LogP contribution in [0.3, 0.4) is 0 Å². The predicted octanol–water partition coefficient (Wildman–Crippen LogP) is 1.68. The molecule has 0 saturated carbocycles. The molecule has 1 aromatic heterocycles. The number of hydrogen-bond donors (Lipinski definition) is 1. The third kappa shape index (κ3) is 2.15. The topological polar surface area (TPSA) is 75.7 Å². The minimum atomic E-state index is -0.413. The van der Waals surface area contributed by atoms with Gasteiger partial charge in [-0.05, 0) is 43.6 Å². The summed E-state index contributed by atoms with van der Waals surface area (Å²) < 4.78 is 5.71. The molecule has 2 bridgehead atoms. The van der Waals surface area contributed by atoms with Crippen molar-refractivity contribution in [2.24, 2.45) is 17.8 Å². The summed E-state index contributed by atoms with van der Waals surface area (Å²) in [6, 6.07) is 0. The summed E-state index contributed by atoms with van der Waals surface area (Å²) in [5.74, 6) is -1.16. The van der Waals surface area contributed by atoms with E-state index in [9.17, 15) is 14.4 Å². The van der Waals surface area contributed by atoms with Gasteiger partial charge < -0.3 is 4.74 Å². The SMILES string of the molecule is C[C@H]1CCc2c(C(=O)NN3C(=O)[C@@H]4[C@@H](C3=O)[C@H]3CC[C@@H]4O3)csc2C1. The molecule has 1 N–H and O–H groups in total. The highest BCUT2D eigenvalue weighted by atomic mass is 32.1. The largest absolute Gasteiger partial charge is 0.373 e. The Labute approximate surface area is 149 Å². The van der Waals surface area contributed by atoms with Crippen molar-refractivity contribution in [3.8, 4) is 0 Å². The van der Waals surface area contributed by atoms with Crippen LogP contribution in [0, 0.1) is 17.8 Å². The maximum atomic E-state index is 12.7. The molecular formula is C18H20N2O4S. The number of hydrogen-bond acceptors (Lipinski definition) is 5. The van der Waals surface area contributed by atoms with Gasteiger partial charge in [-0.15, -0.1) is 11.3 Å². The molecule has 5 rings (SSSR count). The highest BCUT2D eigenvalue weighted by Crippen LogP contribution is 2.48. The third-order valence-corrected chi connectivity index (χ3v) is 7.20. The second kappa shape index (κ2) is 5.38. The number of carbonyl (C=O) groups excluding carboxylic acids is 3. The van der Waals surface area contributed by atoms with Crippen molar-refractivity contribution in [3.05, 3.63) is 21.4 Å². The van der Waals surface area contributed by atoms with Gasteiger partial charge in [0, 0.05) is 10.3 Å². The lowest BCUT2D eigenvalue weighted by Crippen LogP contribution is -2.48. The van der Waals surface area contributed by atoms with E-state index in [1.807, 2.05) is 5.38 Å². The van der Waals surface area contributed by atoms with Crippen molar-refractivity contribution in [1.29, 1.82) is 0 Å². The Balaban J connectivity index is 1.37. The molecule has 0 unspecified atom stereocenters. The van der Waals surface area contributed by atoms with Gasteiger partial charge in [-0.2, -0.15) is 5.01 Å². The van der Waals surface area contributed by atoms with E-state index in [2.05, 4.69) is 12.3 Å². The van der Waals surface area contributed by atoms with E-state index in [0.717, 1.165) is 42.7 Å². The zero-order valence-corrected chi connectivity index (χ0v) is 14.8. The summed E-state index contributed by atoms with van der Waals surface area (Å²) >= 11 is 1.60. The monoisotopic (exact) mass is 360 g/mol. The van der Waals surface area contributed by atoms with Crippen molar-refractivity contribution < 1.29 is 19.1 Å². The predicted molar refractivity (Wildman–Crippen MR) is 89.7 cm³/mol. The molecule has 4 aliphatic rings. The van der Waals surface area contributed by atoms with Gasteiger partial charge in [0.25, 0.3) is 17.7 Å². The van der Waals surface area contributed by atoms with Crippen LogP contribution in [0.25, 0.3) is 0 Å². The minimum Gasteiger partial charge on any atom is -0.373 e. The molecule has 5 atom stereocenters. The molecule has 1 aliphatic carbocycles. The molecule has 25 heavy (non-hydrogen) atoms. The maximum Gasteiger partial charge on any atom is 0.271 e. The van der Waals surface area contributed by atoms with Crippen molar-refractivity contribution in [3.63, 3.8) is 0 Å². The summed E-state index contributed by atoms with van der Waals surface area (Å²) in [6.07, 6.45) is 4.27. The number of amides is 3. The zero-order chi connectivity index (χ0) is 17.3. The van der Waals surface area contributed by atoms with Crippen LogP contribution < -0.4 is 5.43 Å². The van der Waals surface area contributed by atoms with Crippen LogP contribution in [0.15, 0.2) is 5.38 Å². The summed E-state index contributed by atoms with van der Waals surface area (Å²) in [5, 5.41) is 2.82. The van der Waals surface area contributed by atoms with E-state index in [-0.39, 0.29) is 29.9 Å². The number of ether oxygens (including phenoxy) is 1. The number of carbonyl (C=O) groups is 3. The average molecular weight is 360 g/mol. The molecule has 3 fully saturated rings. The van der Waals surface area contributed by atoms with Crippen molar-refractivity contribution in [2.75, 3.05) is 0 Å². The van der Waals surface area contributed by atoms with Crippen LogP contribution in [0.4, 0.5) is 0 Å². The van der Waals surface area contributed by atoms with E-state index in [0.29, 0.717) is 11.5 Å². The fraction of sp³-hybridized carbons (Fsp3) is 0.611. The Morgan fingerprint density at radius 2 is 1.88 bits per heavy atom. The van der Waals surface area contributed by atoms with Crippen LogP contribution in [0.1, 0.15) is 47.0 Å². The van der Waals surface area contributed by atoms with E-state index in [4.69, 9.17) is 4.74 Å². The first kappa shape index (κ1) is 15.5. The highest BCUT2D eigenvalue weighted by Gasteiger charge is 2.62. The Morgan fingerprint density at radius 1 is 1.20 bits per heavy atom. The van der Waals surface area contributed by atoms with E-state index in [1.54, 1.807) is 11.3 Å². The molecule has 0 spiro atoms. The summed E-state index contributed by atoms with van der Waals surface area (Å²) in [5.41, 5.74) is 4.29. The molecule has 1 aromatic rings. The first-order valence-electron chi connectivity index (χ1n) is 8.98. The van der Waals surface area contributed by atoms with Gasteiger partial charge in [-0.25, -0.2) is 0 Å². The van der Waals surface area contributed by atoms with Crippen LogP contribution in [-0.4, -0.2) is 34.9 Å². The van der Waals surface area contributed by atoms with E-state index >= 15 is 0 Å². The van der Waals surface area contributed by atoms with Crippen molar-refractivity contribution in [2.45, 2.75) is 51.2 Å². The number of hydrazine groups is 1. The number of thiophene rings is 1. The fourth-order valence-corrected chi connectivity index (χ4v) is 6.10. The summed E-state index contributed by atoms with van der Waals surface area (Å²) in [7, 11) is 0. The van der Waals surface area contributed by atoms with Gasteiger partial charge in [-0.1, -0.05) is 6.92 Å². The second-order valence-corrected chi connectivity index (χ2v) is 8.66. The molecule has 0 radical (unpaired) electrons. The highest BCUT2D eigenvalue weighted by molar-refractivity contribution is 7.10. The second-order valence-electron chi connectivity index (χ2n) is 7.69. The number of nitrogens with one attached hydrogen (secondary N) is 1. The Hall–Kier alpha value is -1.73. The third-order valence-electron chi connectivity index (χ3n) is 6.14. The van der Waals surface area contributed by atoms with Crippen LogP contribution in [0.2, 0.25) is 0 Å². The first-order chi connectivity index (χ1) is 12.0. The Kier molecular flexibility index (Phi) is 3.34. The molecular weight excluding hydrogens is 340 g/mol.